The fraction of sp³-hybridized carbons (Fsp3) is 0.273. The van der Waals surface area contributed by atoms with E-state index in [2.05, 4.69) is 20.5 Å². The summed E-state index contributed by atoms with van der Waals surface area (Å²) < 4.78 is 38.7. The Kier molecular flexibility index (Phi) is 3.54. The molecular weight excluding hydrogens is 289 g/mol. The molecule has 0 saturated heterocycles. The second-order valence-electron chi connectivity index (χ2n) is 4.27. The largest absolute Gasteiger partial charge is 0.419 e. The summed E-state index contributed by atoms with van der Waals surface area (Å²) in [6.07, 6.45) is -3.11. The molecule has 0 saturated carbocycles. The zero-order valence-corrected chi connectivity index (χ0v) is 11.0. The van der Waals surface area contributed by atoms with E-state index in [1.54, 1.807) is 13.8 Å². The summed E-state index contributed by atoms with van der Waals surface area (Å²) in [5, 5.41) is 22.9. The van der Waals surface area contributed by atoms with Crippen LogP contribution >= 0.6 is 0 Å². The van der Waals surface area contributed by atoms with Gasteiger partial charge in [-0.25, -0.2) is 4.68 Å². The van der Waals surface area contributed by atoms with E-state index in [-0.39, 0.29) is 17.2 Å². The number of oxime groups is 1. The van der Waals surface area contributed by atoms with E-state index in [1.807, 2.05) is 0 Å². The highest BCUT2D eigenvalue weighted by Crippen LogP contribution is 2.29. The fourth-order valence-corrected chi connectivity index (χ4v) is 1.70. The quantitative estimate of drug-likeness (QED) is 0.378. The lowest BCUT2D eigenvalue weighted by molar-refractivity contribution is -0.137. The molecule has 2 aromatic heterocycles. The highest BCUT2D eigenvalue weighted by atomic mass is 19.4. The van der Waals surface area contributed by atoms with E-state index >= 15 is 0 Å². The Hall–Kier alpha value is -2.65. The first-order chi connectivity index (χ1) is 9.75. The molecule has 0 aliphatic heterocycles. The topological polar surface area (TPSA) is 102 Å². The van der Waals surface area contributed by atoms with Gasteiger partial charge in [0, 0.05) is 6.20 Å². The van der Waals surface area contributed by atoms with E-state index < -0.39 is 11.7 Å². The smallest absolute Gasteiger partial charge is 0.409 e. The van der Waals surface area contributed by atoms with Gasteiger partial charge >= 0.3 is 6.18 Å². The molecule has 0 aromatic carbocycles. The molecule has 2 aromatic rings. The number of aromatic nitrogens is 4. The van der Waals surface area contributed by atoms with Crippen molar-refractivity contribution in [2.75, 3.05) is 0 Å². The molecule has 0 aliphatic rings. The first-order valence-corrected chi connectivity index (χ1v) is 5.69. The van der Waals surface area contributed by atoms with E-state index in [9.17, 15) is 13.2 Å². The number of rotatable bonds is 2. The Morgan fingerprint density at radius 1 is 1.33 bits per heavy atom. The van der Waals surface area contributed by atoms with Crippen LogP contribution in [-0.4, -0.2) is 31.0 Å². The number of hydrogen-bond donors (Lipinski definition) is 2. The average Bonchev–Trinajstić information content (AvgIpc) is 2.90. The number of nitrogens with zero attached hydrogens (tertiary/aromatic N) is 5. The lowest BCUT2D eigenvalue weighted by atomic mass is 10.1. The lowest BCUT2D eigenvalue weighted by Gasteiger charge is -2.11. The maximum absolute atomic E-state index is 12.6. The van der Waals surface area contributed by atoms with Crippen molar-refractivity contribution in [2.45, 2.75) is 20.0 Å². The molecule has 0 spiro atoms. The third-order valence-corrected chi connectivity index (χ3v) is 2.93. The minimum Gasteiger partial charge on any atom is -0.409 e. The minimum atomic E-state index is -4.53. The van der Waals surface area contributed by atoms with Gasteiger partial charge in [0.05, 0.1) is 23.0 Å². The third kappa shape index (κ3) is 2.64. The van der Waals surface area contributed by atoms with Crippen LogP contribution in [0.4, 0.5) is 13.2 Å². The molecule has 0 unspecified atom stereocenters. The molecule has 10 heteroatoms. The minimum absolute atomic E-state index is 0.0519. The second kappa shape index (κ2) is 5.04. The second-order valence-corrected chi connectivity index (χ2v) is 4.27. The van der Waals surface area contributed by atoms with Crippen molar-refractivity contribution < 1.29 is 18.4 Å². The molecule has 0 amide bonds. The molecule has 112 valence electrons. The van der Waals surface area contributed by atoms with Crippen molar-refractivity contribution in [3.8, 4) is 5.82 Å². The molecule has 2 rings (SSSR count). The molecule has 21 heavy (non-hydrogen) atoms. The monoisotopic (exact) mass is 300 g/mol. The number of hydrogen-bond acceptors (Lipinski definition) is 5. The molecule has 7 nitrogen and oxygen atoms in total. The number of alkyl halides is 3. The van der Waals surface area contributed by atoms with Crippen LogP contribution in [0.3, 0.4) is 0 Å². The predicted molar refractivity (Wildman–Crippen MR) is 66.1 cm³/mol. The number of halogens is 3. The molecule has 0 fully saturated rings. The summed E-state index contributed by atoms with van der Waals surface area (Å²) in [6.45, 7) is 3.28. The van der Waals surface area contributed by atoms with Crippen LogP contribution in [0.1, 0.15) is 22.4 Å². The maximum atomic E-state index is 12.6. The SMILES string of the molecule is Cc1nnc(-n2cc(C(F)(F)F)cn2)c(C(N)=NO)c1C. The van der Waals surface area contributed by atoms with Crippen molar-refractivity contribution >= 4 is 5.84 Å². The van der Waals surface area contributed by atoms with Gasteiger partial charge in [-0.1, -0.05) is 5.16 Å². The summed E-state index contributed by atoms with van der Waals surface area (Å²) in [7, 11) is 0. The highest BCUT2D eigenvalue weighted by Gasteiger charge is 2.33. The van der Waals surface area contributed by atoms with Gasteiger partial charge in [-0.3, -0.25) is 0 Å². The zero-order chi connectivity index (χ0) is 15.8. The summed E-state index contributed by atoms with van der Waals surface area (Å²) in [4.78, 5) is 0. The van der Waals surface area contributed by atoms with Crippen LogP contribution < -0.4 is 5.73 Å². The van der Waals surface area contributed by atoms with Gasteiger partial charge in [-0.2, -0.15) is 23.4 Å². The van der Waals surface area contributed by atoms with Crippen molar-refractivity contribution in [1.29, 1.82) is 0 Å². The molecule has 3 N–H and O–H groups in total. The Labute approximate surface area is 116 Å². The lowest BCUT2D eigenvalue weighted by Crippen LogP contribution is -2.21. The normalized spacial score (nSPS) is 12.7. The Balaban J connectivity index is 2.65. The van der Waals surface area contributed by atoms with Crippen LogP contribution in [0, 0.1) is 13.8 Å². The molecule has 2 heterocycles. The fourth-order valence-electron chi connectivity index (χ4n) is 1.70. The van der Waals surface area contributed by atoms with Crippen LogP contribution in [0.25, 0.3) is 5.82 Å². The van der Waals surface area contributed by atoms with Gasteiger partial charge in [0.2, 0.25) is 0 Å². The van der Waals surface area contributed by atoms with Crippen molar-refractivity contribution in [1.82, 2.24) is 20.0 Å². The summed E-state index contributed by atoms with van der Waals surface area (Å²) >= 11 is 0. The first kappa shape index (κ1) is 14.8. The van der Waals surface area contributed by atoms with Crippen LogP contribution in [0.5, 0.6) is 0 Å². The van der Waals surface area contributed by atoms with Gasteiger partial charge in [-0.05, 0) is 19.4 Å². The van der Waals surface area contributed by atoms with Crippen molar-refractivity contribution in [3.05, 3.63) is 34.8 Å². The predicted octanol–water partition coefficient (Wildman–Crippen LogP) is 1.39. The summed E-state index contributed by atoms with van der Waals surface area (Å²) in [6, 6.07) is 0. The molecular formula is C11H11F3N6O. The van der Waals surface area contributed by atoms with Crippen molar-refractivity contribution in [2.24, 2.45) is 10.9 Å². The Bertz CT molecular complexity index is 706. The van der Waals surface area contributed by atoms with Crippen LogP contribution in [0.15, 0.2) is 17.5 Å². The molecule has 0 bridgehead atoms. The van der Waals surface area contributed by atoms with Crippen molar-refractivity contribution in [3.63, 3.8) is 0 Å². The van der Waals surface area contributed by atoms with Gasteiger partial charge < -0.3 is 10.9 Å². The standard InChI is InChI=1S/C11H11F3N6O/c1-5-6(2)17-18-10(8(5)9(15)19-21)20-4-7(3-16-20)11(12,13)14/h3-4,21H,1-2H3,(H2,15,19). The van der Waals surface area contributed by atoms with Gasteiger partial charge in [0.1, 0.15) is 0 Å². The first-order valence-electron chi connectivity index (χ1n) is 5.69. The van der Waals surface area contributed by atoms with E-state index in [4.69, 9.17) is 10.9 Å². The van der Waals surface area contributed by atoms with E-state index in [0.717, 1.165) is 10.9 Å². The van der Waals surface area contributed by atoms with E-state index in [0.29, 0.717) is 17.5 Å². The Morgan fingerprint density at radius 3 is 2.52 bits per heavy atom. The number of amidine groups is 1. The molecule has 0 radical (unpaired) electrons. The molecule has 0 aliphatic carbocycles. The third-order valence-electron chi connectivity index (χ3n) is 2.93. The maximum Gasteiger partial charge on any atom is 0.419 e. The highest BCUT2D eigenvalue weighted by molar-refractivity contribution is 6.01. The van der Waals surface area contributed by atoms with Gasteiger partial charge in [0.15, 0.2) is 11.7 Å². The van der Waals surface area contributed by atoms with E-state index in [1.165, 1.54) is 0 Å². The zero-order valence-electron chi connectivity index (χ0n) is 11.0. The number of aryl methyl sites for hydroxylation is 1. The number of nitrogens with two attached hydrogens (primary N) is 1. The van der Waals surface area contributed by atoms with Gasteiger partial charge in [-0.15, -0.1) is 5.10 Å². The summed E-state index contributed by atoms with van der Waals surface area (Å²) in [5.74, 6) is -0.339. The van der Waals surface area contributed by atoms with Crippen LogP contribution in [-0.2, 0) is 6.18 Å². The average molecular weight is 300 g/mol. The Morgan fingerprint density at radius 2 is 2.00 bits per heavy atom. The summed E-state index contributed by atoms with van der Waals surface area (Å²) in [5.41, 5.74) is 5.83. The molecule has 0 atom stereocenters. The van der Waals surface area contributed by atoms with Gasteiger partial charge in [0.25, 0.3) is 0 Å². The van der Waals surface area contributed by atoms with Crippen LogP contribution in [0.2, 0.25) is 0 Å².